The SMILES string of the molecule is NC(=O)Nc1cccc(Cc2nc(C(=O)NCC(=O)NC(CC(=O)OCC(F)(F)F)C(N)=O)cs2)c1. The number of aromatic nitrogens is 1. The molecule has 1 heterocycles. The van der Waals surface area contributed by atoms with Crippen LogP contribution in [0.3, 0.4) is 0 Å². The van der Waals surface area contributed by atoms with Crippen molar-refractivity contribution in [1.82, 2.24) is 15.6 Å². The Morgan fingerprint density at radius 2 is 1.86 bits per heavy atom. The molecule has 0 bridgehead atoms. The molecule has 1 atom stereocenters. The first-order chi connectivity index (χ1) is 16.8. The lowest BCUT2D eigenvalue weighted by molar-refractivity contribution is -0.186. The van der Waals surface area contributed by atoms with E-state index >= 15 is 0 Å². The summed E-state index contributed by atoms with van der Waals surface area (Å²) in [5, 5.41) is 8.77. The molecule has 0 aliphatic heterocycles. The average molecular weight is 530 g/mol. The lowest BCUT2D eigenvalue weighted by Crippen LogP contribution is -2.49. The zero-order chi connectivity index (χ0) is 26.9. The number of amides is 5. The van der Waals surface area contributed by atoms with Crippen molar-refractivity contribution >= 4 is 46.7 Å². The van der Waals surface area contributed by atoms with Gasteiger partial charge < -0.3 is 32.2 Å². The minimum Gasteiger partial charge on any atom is -0.456 e. The van der Waals surface area contributed by atoms with E-state index in [1.807, 2.05) is 5.32 Å². The summed E-state index contributed by atoms with van der Waals surface area (Å²) < 4.78 is 40.3. The number of nitrogens with zero attached hydrogens (tertiary/aromatic N) is 1. The smallest absolute Gasteiger partial charge is 0.422 e. The van der Waals surface area contributed by atoms with E-state index in [0.717, 1.165) is 5.56 Å². The van der Waals surface area contributed by atoms with Gasteiger partial charge in [0, 0.05) is 17.5 Å². The van der Waals surface area contributed by atoms with Gasteiger partial charge >= 0.3 is 18.2 Å². The lowest BCUT2D eigenvalue weighted by atomic mass is 10.1. The number of alkyl halides is 3. The van der Waals surface area contributed by atoms with Gasteiger partial charge in [0.2, 0.25) is 11.8 Å². The van der Waals surface area contributed by atoms with Crippen molar-refractivity contribution in [2.75, 3.05) is 18.5 Å². The monoisotopic (exact) mass is 530 g/mol. The van der Waals surface area contributed by atoms with Crippen LogP contribution in [-0.4, -0.2) is 60.1 Å². The minimum absolute atomic E-state index is 0.0106. The van der Waals surface area contributed by atoms with Gasteiger partial charge in [-0.3, -0.25) is 19.2 Å². The van der Waals surface area contributed by atoms with E-state index in [1.165, 1.54) is 16.7 Å². The van der Waals surface area contributed by atoms with Crippen LogP contribution < -0.4 is 27.4 Å². The summed E-state index contributed by atoms with van der Waals surface area (Å²) in [7, 11) is 0. The number of anilines is 1. The lowest BCUT2D eigenvalue weighted by Gasteiger charge is -2.15. The highest BCUT2D eigenvalue weighted by Crippen LogP contribution is 2.18. The first kappa shape index (κ1) is 28.0. The fourth-order valence-electron chi connectivity index (χ4n) is 2.68. The molecular weight excluding hydrogens is 509 g/mol. The zero-order valence-corrected chi connectivity index (χ0v) is 19.2. The third-order valence-electron chi connectivity index (χ3n) is 4.19. The molecule has 0 aliphatic rings. The summed E-state index contributed by atoms with van der Waals surface area (Å²) in [6.07, 6.45) is -5.33. The first-order valence-corrected chi connectivity index (χ1v) is 10.9. The minimum atomic E-state index is -4.76. The normalized spacial score (nSPS) is 11.8. The predicted octanol–water partition coefficient (Wildman–Crippen LogP) is 0.420. The first-order valence-electron chi connectivity index (χ1n) is 10.0. The molecule has 2 aromatic rings. The van der Waals surface area contributed by atoms with Crippen LogP contribution in [0.5, 0.6) is 0 Å². The Hall–Kier alpha value is -4.21. The molecular formula is C20H21F3N6O6S. The van der Waals surface area contributed by atoms with Gasteiger partial charge in [-0.1, -0.05) is 12.1 Å². The van der Waals surface area contributed by atoms with Gasteiger partial charge in [0.1, 0.15) is 11.7 Å². The van der Waals surface area contributed by atoms with Crippen LogP contribution in [0.15, 0.2) is 29.6 Å². The number of esters is 1. The molecule has 0 radical (unpaired) electrons. The topological polar surface area (TPSA) is 196 Å². The maximum Gasteiger partial charge on any atom is 0.422 e. The molecule has 194 valence electrons. The van der Waals surface area contributed by atoms with Crippen LogP contribution in [0, 0.1) is 0 Å². The van der Waals surface area contributed by atoms with Crippen molar-refractivity contribution in [3.8, 4) is 0 Å². The molecule has 0 saturated carbocycles. The van der Waals surface area contributed by atoms with Crippen LogP contribution in [0.25, 0.3) is 0 Å². The number of hydrogen-bond acceptors (Lipinski definition) is 8. The van der Waals surface area contributed by atoms with Gasteiger partial charge in [0.05, 0.1) is 18.0 Å². The molecule has 2 rings (SSSR count). The van der Waals surface area contributed by atoms with E-state index < -0.39 is 61.5 Å². The average Bonchev–Trinajstić information content (AvgIpc) is 3.23. The van der Waals surface area contributed by atoms with Gasteiger partial charge in [0.15, 0.2) is 6.61 Å². The highest BCUT2D eigenvalue weighted by atomic mass is 32.1. The second-order valence-corrected chi connectivity index (χ2v) is 8.12. The fourth-order valence-corrected chi connectivity index (χ4v) is 3.49. The molecule has 1 aromatic heterocycles. The van der Waals surface area contributed by atoms with Crippen molar-refractivity contribution in [1.29, 1.82) is 0 Å². The summed E-state index contributed by atoms with van der Waals surface area (Å²) in [5.41, 5.74) is 11.4. The molecule has 16 heteroatoms. The number of urea groups is 1. The summed E-state index contributed by atoms with van der Waals surface area (Å²) in [6, 6.07) is 4.47. The molecule has 1 unspecified atom stereocenters. The number of primary amides is 2. The van der Waals surface area contributed by atoms with Crippen molar-refractivity contribution < 1.29 is 41.9 Å². The molecule has 1 aromatic carbocycles. The maximum absolute atomic E-state index is 12.3. The Morgan fingerprint density at radius 3 is 2.50 bits per heavy atom. The largest absolute Gasteiger partial charge is 0.456 e. The number of carbonyl (C=O) groups is 5. The second kappa shape index (κ2) is 12.5. The van der Waals surface area contributed by atoms with Crippen LogP contribution in [0.4, 0.5) is 23.7 Å². The predicted molar refractivity (Wildman–Crippen MR) is 120 cm³/mol. The zero-order valence-electron chi connectivity index (χ0n) is 18.4. The Balaban J connectivity index is 1.86. The number of nitrogens with one attached hydrogen (secondary N) is 3. The Labute approximate surface area is 205 Å². The number of ether oxygens (including phenoxy) is 1. The van der Waals surface area contributed by atoms with Gasteiger partial charge in [0.25, 0.3) is 5.91 Å². The standard InChI is InChI=1S/C20H21F3N6O6S/c21-20(22,23)9-35-16(31)6-12(17(24)32)28-14(30)7-26-18(33)13-8-36-15(29-13)5-10-2-1-3-11(4-10)27-19(25)34/h1-4,8,12H,5-7,9H2,(H2,24,32)(H,26,33)(H,28,30)(H3,25,27,34). The van der Waals surface area contributed by atoms with E-state index in [2.05, 4.69) is 20.4 Å². The number of nitrogens with two attached hydrogens (primary N) is 2. The quantitative estimate of drug-likeness (QED) is 0.260. The summed E-state index contributed by atoms with van der Waals surface area (Å²) in [6.45, 7) is -2.49. The third kappa shape index (κ3) is 9.96. The molecule has 0 fully saturated rings. The highest BCUT2D eigenvalue weighted by Gasteiger charge is 2.31. The second-order valence-electron chi connectivity index (χ2n) is 7.18. The van der Waals surface area contributed by atoms with Gasteiger partial charge in [-0.2, -0.15) is 13.2 Å². The molecule has 36 heavy (non-hydrogen) atoms. The Bertz CT molecular complexity index is 1140. The Morgan fingerprint density at radius 1 is 1.14 bits per heavy atom. The van der Waals surface area contributed by atoms with E-state index in [0.29, 0.717) is 17.1 Å². The van der Waals surface area contributed by atoms with Crippen molar-refractivity contribution in [3.63, 3.8) is 0 Å². The fraction of sp³-hybridized carbons (Fsp3) is 0.300. The van der Waals surface area contributed by atoms with E-state index in [9.17, 15) is 37.1 Å². The van der Waals surface area contributed by atoms with Gasteiger partial charge in [-0.15, -0.1) is 11.3 Å². The van der Waals surface area contributed by atoms with Crippen molar-refractivity contribution in [2.24, 2.45) is 11.5 Å². The summed E-state index contributed by atoms with van der Waals surface area (Å²) in [4.78, 5) is 62.3. The number of thiazole rings is 1. The number of rotatable bonds is 11. The maximum atomic E-state index is 12.3. The van der Waals surface area contributed by atoms with Crippen LogP contribution in [0.2, 0.25) is 0 Å². The third-order valence-corrected chi connectivity index (χ3v) is 5.04. The molecule has 7 N–H and O–H groups in total. The van der Waals surface area contributed by atoms with Crippen LogP contribution in [0.1, 0.15) is 27.5 Å². The van der Waals surface area contributed by atoms with Gasteiger partial charge in [-0.05, 0) is 17.7 Å². The number of benzene rings is 1. The van der Waals surface area contributed by atoms with E-state index in [4.69, 9.17) is 11.5 Å². The Kier molecular flexibility index (Phi) is 9.72. The number of halogens is 3. The van der Waals surface area contributed by atoms with Crippen LogP contribution >= 0.6 is 11.3 Å². The highest BCUT2D eigenvalue weighted by molar-refractivity contribution is 7.09. The van der Waals surface area contributed by atoms with Crippen molar-refractivity contribution in [2.45, 2.75) is 25.1 Å². The summed E-state index contributed by atoms with van der Waals surface area (Å²) >= 11 is 1.18. The summed E-state index contributed by atoms with van der Waals surface area (Å²) in [5.74, 6) is -4.22. The van der Waals surface area contributed by atoms with Gasteiger partial charge in [-0.25, -0.2) is 9.78 Å². The number of carbonyl (C=O) groups excluding carboxylic acids is 5. The van der Waals surface area contributed by atoms with E-state index in [-0.39, 0.29) is 5.69 Å². The molecule has 0 aliphatic carbocycles. The molecule has 12 nitrogen and oxygen atoms in total. The molecule has 0 spiro atoms. The molecule has 5 amide bonds. The van der Waals surface area contributed by atoms with E-state index in [1.54, 1.807) is 24.3 Å². The molecule has 0 saturated heterocycles. The van der Waals surface area contributed by atoms with Crippen molar-refractivity contribution in [3.05, 3.63) is 45.9 Å². The number of hydrogen-bond donors (Lipinski definition) is 5. The van der Waals surface area contributed by atoms with Crippen LogP contribution in [-0.2, 0) is 25.5 Å².